The van der Waals surface area contributed by atoms with Crippen molar-refractivity contribution in [1.82, 2.24) is 5.32 Å². The highest BCUT2D eigenvalue weighted by molar-refractivity contribution is 5.99. The number of aryl methyl sites for hydroxylation is 1. The maximum atomic E-state index is 12.9. The Morgan fingerprint density at radius 3 is 2.78 bits per heavy atom. The third kappa shape index (κ3) is 3.86. The summed E-state index contributed by atoms with van der Waals surface area (Å²) >= 11 is 0. The van der Waals surface area contributed by atoms with Crippen LogP contribution in [0.3, 0.4) is 0 Å². The molecule has 2 aromatic rings. The van der Waals surface area contributed by atoms with E-state index in [0.717, 1.165) is 24.8 Å². The Kier molecular flexibility index (Phi) is 5.59. The minimum atomic E-state index is -0.578. The van der Waals surface area contributed by atoms with E-state index < -0.39 is 10.8 Å². The quantitative estimate of drug-likeness (QED) is 0.617. The molecule has 7 heteroatoms. The number of amides is 1. The molecule has 0 saturated carbocycles. The minimum absolute atomic E-state index is 0.0386. The summed E-state index contributed by atoms with van der Waals surface area (Å²) in [5.74, 6) is 0.0349. The number of hydrogen-bond donors (Lipinski definition) is 1. The molecule has 1 aliphatic carbocycles. The third-order valence-electron chi connectivity index (χ3n) is 4.70. The molecule has 0 unspecified atom stereocenters. The van der Waals surface area contributed by atoms with Crippen LogP contribution in [-0.2, 0) is 6.42 Å². The molecule has 1 N–H and O–H groups in total. The lowest BCUT2D eigenvalue weighted by molar-refractivity contribution is -0.385. The number of nitro benzene ring substituents is 1. The molecule has 7 nitrogen and oxygen atoms in total. The van der Waals surface area contributed by atoms with Gasteiger partial charge in [-0.3, -0.25) is 14.9 Å². The van der Waals surface area contributed by atoms with E-state index in [4.69, 9.17) is 9.47 Å². The van der Waals surface area contributed by atoms with Crippen LogP contribution >= 0.6 is 0 Å². The van der Waals surface area contributed by atoms with E-state index >= 15 is 0 Å². The molecular weight excluding hydrogens is 348 g/mol. The zero-order valence-corrected chi connectivity index (χ0v) is 15.4. The van der Waals surface area contributed by atoms with Crippen molar-refractivity contribution in [3.05, 3.63) is 63.2 Å². The predicted octanol–water partition coefficient (Wildman–Crippen LogP) is 3.81. The van der Waals surface area contributed by atoms with Crippen LogP contribution in [0.1, 0.15) is 47.3 Å². The normalized spacial score (nSPS) is 15.6. The average Bonchev–Trinajstić information content (AvgIpc) is 2.68. The van der Waals surface area contributed by atoms with Gasteiger partial charge in [-0.05, 0) is 37.3 Å². The zero-order valence-electron chi connectivity index (χ0n) is 15.4. The highest BCUT2D eigenvalue weighted by atomic mass is 16.6. The van der Waals surface area contributed by atoms with Gasteiger partial charge in [0.25, 0.3) is 11.6 Å². The number of nitrogens with one attached hydrogen (secondary N) is 1. The fraction of sp³-hybridized carbons (Fsp3) is 0.350. The SMILES string of the molecule is CCOc1cc([N+](=O)[O-])c(C(=O)N[C@H]2CCCc3ccccc32)cc1OC. The minimum Gasteiger partial charge on any atom is -0.493 e. The summed E-state index contributed by atoms with van der Waals surface area (Å²) in [5, 5.41) is 14.5. The summed E-state index contributed by atoms with van der Waals surface area (Å²) in [6.45, 7) is 2.10. The zero-order chi connectivity index (χ0) is 19.4. The van der Waals surface area contributed by atoms with Crippen LogP contribution in [0.25, 0.3) is 0 Å². The Balaban J connectivity index is 1.94. The molecule has 142 valence electrons. The number of rotatable bonds is 6. The van der Waals surface area contributed by atoms with Gasteiger partial charge in [0.2, 0.25) is 0 Å². The van der Waals surface area contributed by atoms with Gasteiger partial charge in [0.05, 0.1) is 30.7 Å². The molecule has 0 saturated heterocycles. The average molecular weight is 370 g/mol. The van der Waals surface area contributed by atoms with E-state index in [0.29, 0.717) is 6.61 Å². The molecule has 0 radical (unpaired) electrons. The van der Waals surface area contributed by atoms with Gasteiger partial charge in [-0.1, -0.05) is 24.3 Å². The Labute approximate surface area is 157 Å². The van der Waals surface area contributed by atoms with Crippen LogP contribution in [0.2, 0.25) is 0 Å². The maximum absolute atomic E-state index is 12.9. The fourth-order valence-electron chi connectivity index (χ4n) is 3.45. The van der Waals surface area contributed by atoms with Crippen LogP contribution in [-0.4, -0.2) is 24.5 Å². The topological polar surface area (TPSA) is 90.7 Å². The molecule has 0 fully saturated rings. The summed E-state index contributed by atoms with van der Waals surface area (Å²) in [6, 6.07) is 10.4. The van der Waals surface area contributed by atoms with Gasteiger partial charge in [0, 0.05) is 6.07 Å². The lowest BCUT2D eigenvalue weighted by Gasteiger charge is -2.26. The Morgan fingerprint density at radius 2 is 2.07 bits per heavy atom. The summed E-state index contributed by atoms with van der Waals surface area (Å²) < 4.78 is 10.6. The molecule has 0 heterocycles. The van der Waals surface area contributed by atoms with E-state index in [2.05, 4.69) is 11.4 Å². The first-order chi connectivity index (χ1) is 13.0. The molecule has 0 aliphatic heterocycles. The molecule has 1 amide bonds. The van der Waals surface area contributed by atoms with Gasteiger partial charge in [-0.15, -0.1) is 0 Å². The first-order valence-electron chi connectivity index (χ1n) is 8.93. The molecule has 0 aromatic heterocycles. The molecule has 1 aliphatic rings. The van der Waals surface area contributed by atoms with E-state index in [9.17, 15) is 14.9 Å². The Morgan fingerprint density at radius 1 is 1.30 bits per heavy atom. The highest BCUT2D eigenvalue weighted by Crippen LogP contribution is 2.36. The van der Waals surface area contributed by atoms with Crippen molar-refractivity contribution in [2.24, 2.45) is 0 Å². The van der Waals surface area contributed by atoms with E-state index in [1.165, 1.54) is 24.8 Å². The molecule has 1 atom stereocenters. The molecule has 2 aromatic carbocycles. The number of hydrogen-bond acceptors (Lipinski definition) is 5. The molecule has 27 heavy (non-hydrogen) atoms. The number of fused-ring (bicyclic) bond motifs is 1. The van der Waals surface area contributed by atoms with Crippen molar-refractivity contribution >= 4 is 11.6 Å². The monoisotopic (exact) mass is 370 g/mol. The van der Waals surface area contributed by atoms with Crippen LogP contribution in [0.5, 0.6) is 11.5 Å². The van der Waals surface area contributed by atoms with Crippen LogP contribution in [0.15, 0.2) is 36.4 Å². The summed E-state index contributed by atoms with van der Waals surface area (Å²) in [4.78, 5) is 23.8. The number of carbonyl (C=O) groups is 1. The largest absolute Gasteiger partial charge is 0.493 e. The van der Waals surface area contributed by atoms with Crippen molar-refractivity contribution in [1.29, 1.82) is 0 Å². The van der Waals surface area contributed by atoms with Crippen molar-refractivity contribution < 1.29 is 19.2 Å². The molecular formula is C20H22N2O5. The fourth-order valence-corrected chi connectivity index (χ4v) is 3.45. The standard InChI is InChI=1S/C20H22N2O5/c1-3-27-19-12-17(22(24)25)15(11-18(19)26-2)20(23)21-16-10-6-8-13-7-4-5-9-14(13)16/h4-5,7,9,11-12,16H,3,6,8,10H2,1-2H3,(H,21,23)/t16-/m0/s1. The number of ether oxygens (including phenoxy) is 2. The first kappa shape index (κ1) is 18.7. The van der Waals surface area contributed by atoms with Gasteiger partial charge >= 0.3 is 0 Å². The number of carbonyl (C=O) groups excluding carboxylic acids is 1. The first-order valence-corrected chi connectivity index (χ1v) is 8.93. The third-order valence-corrected chi connectivity index (χ3v) is 4.70. The lowest BCUT2D eigenvalue weighted by Crippen LogP contribution is -2.31. The van der Waals surface area contributed by atoms with Crippen LogP contribution in [0.4, 0.5) is 5.69 Å². The van der Waals surface area contributed by atoms with Gasteiger partial charge in [-0.2, -0.15) is 0 Å². The summed E-state index contributed by atoms with van der Waals surface area (Å²) in [6.07, 6.45) is 2.72. The van der Waals surface area contributed by atoms with E-state index in [-0.39, 0.29) is 28.8 Å². The number of nitrogens with zero attached hydrogens (tertiary/aromatic N) is 1. The molecule has 3 rings (SSSR count). The van der Waals surface area contributed by atoms with Crippen LogP contribution in [0, 0.1) is 10.1 Å². The Bertz CT molecular complexity index is 865. The van der Waals surface area contributed by atoms with Crippen molar-refractivity contribution in [3.8, 4) is 11.5 Å². The number of nitro groups is 1. The molecule has 0 spiro atoms. The van der Waals surface area contributed by atoms with Gasteiger partial charge in [0.15, 0.2) is 11.5 Å². The van der Waals surface area contributed by atoms with Crippen molar-refractivity contribution in [2.75, 3.05) is 13.7 Å². The van der Waals surface area contributed by atoms with Crippen LogP contribution < -0.4 is 14.8 Å². The number of methoxy groups -OCH3 is 1. The lowest BCUT2D eigenvalue weighted by atomic mass is 9.87. The highest BCUT2D eigenvalue weighted by Gasteiger charge is 2.28. The maximum Gasteiger partial charge on any atom is 0.286 e. The summed E-state index contributed by atoms with van der Waals surface area (Å²) in [5.41, 5.74) is 1.93. The second-order valence-corrected chi connectivity index (χ2v) is 6.33. The van der Waals surface area contributed by atoms with Crippen molar-refractivity contribution in [3.63, 3.8) is 0 Å². The second-order valence-electron chi connectivity index (χ2n) is 6.33. The Hall–Kier alpha value is -3.09. The second kappa shape index (κ2) is 8.07. The van der Waals surface area contributed by atoms with E-state index in [1.807, 2.05) is 18.2 Å². The smallest absolute Gasteiger partial charge is 0.286 e. The van der Waals surface area contributed by atoms with Gasteiger partial charge in [0.1, 0.15) is 5.56 Å². The van der Waals surface area contributed by atoms with Gasteiger partial charge in [-0.25, -0.2) is 0 Å². The molecule has 0 bridgehead atoms. The van der Waals surface area contributed by atoms with Gasteiger partial charge < -0.3 is 14.8 Å². The number of benzene rings is 2. The summed E-state index contributed by atoms with van der Waals surface area (Å²) in [7, 11) is 1.43. The van der Waals surface area contributed by atoms with Crippen molar-refractivity contribution in [2.45, 2.75) is 32.2 Å². The van der Waals surface area contributed by atoms with E-state index in [1.54, 1.807) is 6.92 Å². The predicted molar refractivity (Wildman–Crippen MR) is 100 cm³/mol.